The van der Waals surface area contributed by atoms with Crippen LogP contribution < -0.4 is 5.73 Å². The lowest BCUT2D eigenvalue weighted by Crippen LogP contribution is -2.00. The number of nitrogen functional groups attached to an aromatic ring is 1. The van der Waals surface area contributed by atoms with Crippen LogP contribution >= 0.6 is 22.9 Å². The Bertz CT molecular complexity index is 428. The van der Waals surface area contributed by atoms with Gasteiger partial charge < -0.3 is 5.73 Å². The summed E-state index contributed by atoms with van der Waals surface area (Å²) in [6.45, 7) is 2.64. The van der Waals surface area contributed by atoms with Crippen LogP contribution in [0.2, 0.25) is 5.02 Å². The predicted molar refractivity (Wildman–Crippen MR) is 57.6 cm³/mol. The maximum Gasteiger partial charge on any atom is 0.164 e. The van der Waals surface area contributed by atoms with Gasteiger partial charge >= 0.3 is 0 Å². The van der Waals surface area contributed by atoms with E-state index >= 15 is 0 Å². The quantitative estimate of drug-likeness (QED) is 0.855. The number of hydrogen-bond acceptors (Lipinski definition) is 4. The molecule has 74 valence electrons. The zero-order valence-electron chi connectivity index (χ0n) is 7.57. The molecule has 0 unspecified atom stereocenters. The number of anilines is 1. The van der Waals surface area contributed by atoms with Gasteiger partial charge in [-0.05, 0) is 6.92 Å². The van der Waals surface area contributed by atoms with Gasteiger partial charge in [0.2, 0.25) is 0 Å². The molecular formula is C8H9ClN4S. The Morgan fingerprint density at radius 2 is 2.43 bits per heavy atom. The fraction of sp³-hybridized carbons (Fsp3) is 0.250. The Kier molecular flexibility index (Phi) is 2.43. The van der Waals surface area contributed by atoms with E-state index in [0.29, 0.717) is 17.4 Å². The van der Waals surface area contributed by atoms with E-state index in [1.807, 2.05) is 13.1 Å². The van der Waals surface area contributed by atoms with E-state index < -0.39 is 0 Å². The monoisotopic (exact) mass is 228 g/mol. The molecule has 0 aromatic carbocycles. The number of hydrogen-bond donors (Lipinski definition) is 1. The highest BCUT2D eigenvalue weighted by molar-refractivity contribution is 7.11. The summed E-state index contributed by atoms with van der Waals surface area (Å²) in [5.41, 5.74) is 5.52. The van der Waals surface area contributed by atoms with E-state index in [4.69, 9.17) is 17.3 Å². The fourth-order valence-corrected chi connectivity index (χ4v) is 2.04. The Hall–Kier alpha value is -1.07. The molecule has 0 aliphatic heterocycles. The summed E-state index contributed by atoms with van der Waals surface area (Å²) in [5, 5.41) is 5.53. The molecule has 2 heterocycles. The van der Waals surface area contributed by atoms with Crippen molar-refractivity contribution in [2.24, 2.45) is 0 Å². The standard InChI is InChI=1S/C8H9ClN4S/c1-5-2-11-7(14-5)4-13-3-6(9)8(10)12-13/h2-3H,4H2,1H3,(H2,10,12). The van der Waals surface area contributed by atoms with Crippen LogP contribution in [0, 0.1) is 6.92 Å². The molecule has 0 radical (unpaired) electrons. The van der Waals surface area contributed by atoms with Gasteiger partial charge in [-0.2, -0.15) is 5.10 Å². The number of halogens is 1. The van der Waals surface area contributed by atoms with Crippen molar-refractivity contribution in [1.29, 1.82) is 0 Å². The van der Waals surface area contributed by atoms with E-state index in [1.54, 1.807) is 22.2 Å². The molecule has 2 aromatic heterocycles. The van der Waals surface area contributed by atoms with E-state index in [2.05, 4.69) is 10.1 Å². The highest BCUT2D eigenvalue weighted by Gasteiger charge is 2.05. The average molecular weight is 229 g/mol. The summed E-state index contributed by atoms with van der Waals surface area (Å²) < 4.78 is 1.69. The first-order valence-electron chi connectivity index (χ1n) is 4.05. The second-order valence-electron chi connectivity index (χ2n) is 2.92. The molecule has 0 aliphatic rings. The van der Waals surface area contributed by atoms with E-state index in [-0.39, 0.29) is 0 Å². The molecule has 0 atom stereocenters. The van der Waals surface area contributed by atoms with Gasteiger partial charge in [-0.25, -0.2) is 4.98 Å². The number of thiazole rings is 1. The molecule has 0 saturated carbocycles. The predicted octanol–water partition coefficient (Wildman–Crippen LogP) is 1.93. The first-order chi connectivity index (χ1) is 6.65. The number of nitrogens with zero attached hydrogens (tertiary/aromatic N) is 3. The Morgan fingerprint density at radius 3 is 2.93 bits per heavy atom. The van der Waals surface area contributed by atoms with Crippen LogP contribution in [0.4, 0.5) is 5.82 Å². The molecule has 0 saturated heterocycles. The van der Waals surface area contributed by atoms with E-state index in [9.17, 15) is 0 Å². The van der Waals surface area contributed by atoms with Gasteiger partial charge in [0.1, 0.15) is 10.0 Å². The SMILES string of the molecule is Cc1cnc(Cn2cc(Cl)c(N)n2)s1. The Balaban J connectivity index is 2.18. The van der Waals surface area contributed by atoms with Gasteiger partial charge in [0.15, 0.2) is 5.82 Å². The summed E-state index contributed by atoms with van der Waals surface area (Å²) in [5.74, 6) is 0.361. The van der Waals surface area contributed by atoms with E-state index in [1.165, 1.54) is 4.88 Å². The van der Waals surface area contributed by atoms with Gasteiger partial charge in [0.25, 0.3) is 0 Å². The number of aromatic nitrogens is 3. The van der Waals surface area contributed by atoms with Crippen molar-refractivity contribution in [3.63, 3.8) is 0 Å². The lowest BCUT2D eigenvalue weighted by atomic mass is 10.6. The number of rotatable bonds is 2. The molecule has 2 N–H and O–H groups in total. The van der Waals surface area contributed by atoms with Crippen LogP contribution in [-0.2, 0) is 6.54 Å². The highest BCUT2D eigenvalue weighted by atomic mass is 35.5. The summed E-state index contributed by atoms with van der Waals surface area (Å²) in [7, 11) is 0. The average Bonchev–Trinajstić information content (AvgIpc) is 2.62. The third-order valence-corrected chi connectivity index (χ3v) is 2.90. The number of aryl methyl sites for hydroxylation is 1. The molecule has 2 rings (SSSR count). The second kappa shape index (κ2) is 3.59. The van der Waals surface area contributed by atoms with Gasteiger partial charge in [0, 0.05) is 17.3 Å². The van der Waals surface area contributed by atoms with Crippen molar-refractivity contribution in [2.75, 3.05) is 5.73 Å². The summed E-state index contributed by atoms with van der Waals surface area (Å²) in [6.07, 6.45) is 3.54. The molecule has 0 spiro atoms. The van der Waals surface area contributed by atoms with Gasteiger partial charge in [-0.15, -0.1) is 11.3 Å². The zero-order chi connectivity index (χ0) is 10.1. The first kappa shape index (κ1) is 9.48. The molecule has 6 heteroatoms. The molecular weight excluding hydrogens is 220 g/mol. The van der Waals surface area contributed by atoms with Crippen molar-refractivity contribution < 1.29 is 0 Å². The maximum absolute atomic E-state index is 5.78. The molecule has 0 amide bonds. The molecule has 14 heavy (non-hydrogen) atoms. The van der Waals surface area contributed by atoms with Crippen molar-refractivity contribution in [3.05, 3.63) is 27.3 Å². The van der Waals surface area contributed by atoms with Crippen LogP contribution in [0.5, 0.6) is 0 Å². The van der Waals surface area contributed by atoms with Crippen molar-refractivity contribution >= 4 is 28.8 Å². The second-order valence-corrected chi connectivity index (χ2v) is 4.65. The van der Waals surface area contributed by atoms with E-state index in [0.717, 1.165) is 5.01 Å². The minimum atomic E-state index is 0.361. The summed E-state index contributed by atoms with van der Waals surface area (Å²) >= 11 is 7.42. The lowest BCUT2D eigenvalue weighted by Gasteiger charge is -1.95. The summed E-state index contributed by atoms with van der Waals surface area (Å²) in [6, 6.07) is 0. The Morgan fingerprint density at radius 1 is 1.64 bits per heavy atom. The third-order valence-electron chi connectivity index (χ3n) is 1.71. The highest BCUT2D eigenvalue weighted by Crippen LogP contribution is 2.17. The minimum absolute atomic E-state index is 0.361. The lowest BCUT2D eigenvalue weighted by molar-refractivity contribution is 0.686. The molecule has 0 bridgehead atoms. The van der Waals surface area contributed by atoms with Crippen LogP contribution in [0.15, 0.2) is 12.4 Å². The third kappa shape index (κ3) is 1.88. The fourth-order valence-electron chi connectivity index (χ4n) is 1.11. The minimum Gasteiger partial charge on any atom is -0.381 e. The van der Waals surface area contributed by atoms with Crippen molar-refractivity contribution in [1.82, 2.24) is 14.8 Å². The molecule has 2 aromatic rings. The summed E-state index contributed by atoms with van der Waals surface area (Å²) in [4.78, 5) is 5.41. The maximum atomic E-state index is 5.78. The van der Waals surface area contributed by atoms with Crippen LogP contribution in [0.3, 0.4) is 0 Å². The van der Waals surface area contributed by atoms with Crippen molar-refractivity contribution in [2.45, 2.75) is 13.5 Å². The smallest absolute Gasteiger partial charge is 0.164 e. The van der Waals surface area contributed by atoms with Crippen molar-refractivity contribution in [3.8, 4) is 0 Å². The molecule has 0 fully saturated rings. The zero-order valence-corrected chi connectivity index (χ0v) is 9.14. The van der Waals surface area contributed by atoms with Crippen LogP contribution in [0.1, 0.15) is 9.88 Å². The van der Waals surface area contributed by atoms with Gasteiger partial charge in [0.05, 0.1) is 6.54 Å². The first-order valence-corrected chi connectivity index (χ1v) is 5.24. The van der Waals surface area contributed by atoms with Crippen LogP contribution in [0.25, 0.3) is 0 Å². The normalized spacial score (nSPS) is 10.7. The largest absolute Gasteiger partial charge is 0.381 e. The topological polar surface area (TPSA) is 56.7 Å². The number of nitrogens with two attached hydrogens (primary N) is 1. The van der Waals surface area contributed by atoms with Gasteiger partial charge in [-0.3, -0.25) is 4.68 Å². The molecule has 4 nitrogen and oxygen atoms in total. The van der Waals surface area contributed by atoms with Gasteiger partial charge in [-0.1, -0.05) is 11.6 Å². The van der Waals surface area contributed by atoms with Crippen LogP contribution in [-0.4, -0.2) is 14.8 Å². The Labute approximate surface area is 90.3 Å². The molecule has 0 aliphatic carbocycles.